The summed E-state index contributed by atoms with van der Waals surface area (Å²) in [4.78, 5) is 28.4. The van der Waals surface area contributed by atoms with Crippen LogP contribution in [0.15, 0.2) is 59.5 Å². The number of nitrogens with one attached hydrogen (secondary N) is 2. The Balaban J connectivity index is 1.50. The standard InChI is InChI=1S/C24H22F2N4O3/c1-33-21-6-2-5-18(26)22(21)29-9-3-4-17(24(29)32)23(31)28-19-10-14(25)7-8-20(19)30-13-15-11-16(30)12-27-15/h2-10,15-16,27H,11-13H2,1H3,(H,28,31)/t15-,16-/m1/s1. The van der Waals surface area contributed by atoms with Crippen molar-refractivity contribution in [3.63, 3.8) is 0 Å². The summed E-state index contributed by atoms with van der Waals surface area (Å²) in [5, 5.41) is 6.10. The third-order valence-electron chi connectivity index (χ3n) is 6.18. The second-order valence-corrected chi connectivity index (χ2v) is 8.15. The minimum atomic E-state index is -0.721. The zero-order valence-corrected chi connectivity index (χ0v) is 17.8. The van der Waals surface area contributed by atoms with Crippen LogP contribution in [-0.2, 0) is 0 Å². The lowest BCUT2D eigenvalue weighted by Gasteiger charge is -2.31. The molecule has 33 heavy (non-hydrogen) atoms. The number of carbonyl (C=O) groups is 1. The maximum Gasteiger partial charge on any atom is 0.268 e. The molecule has 2 aliphatic rings. The second kappa shape index (κ2) is 8.32. The van der Waals surface area contributed by atoms with Crippen molar-refractivity contribution in [1.29, 1.82) is 0 Å². The number of nitrogens with zero attached hydrogens (tertiary/aromatic N) is 2. The lowest BCUT2D eigenvalue weighted by atomic mass is 10.1. The molecule has 2 fully saturated rings. The highest BCUT2D eigenvalue weighted by molar-refractivity contribution is 6.05. The zero-order valence-electron chi connectivity index (χ0n) is 17.8. The van der Waals surface area contributed by atoms with Crippen molar-refractivity contribution in [3.8, 4) is 11.4 Å². The summed E-state index contributed by atoms with van der Waals surface area (Å²) in [6.45, 7) is 1.58. The maximum absolute atomic E-state index is 14.5. The van der Waals surface area contributed by atoms with Gasteiger partial charge in [-0.3, -0.25) is 14.2 Å². The van der Waals surface area contributed by atoms with Gasteiger partial charge in [0.05, 0.1) is 18.5 Å². The molecule has 2 N–H and O–H groups in total. The first-order chi connectivity index (χ1) is 16.0. The second-order valence-electron chi connectivity index (χ2n) is 8.15. The molecule has 2 aliphatic heterocycles. The number of hydrogen-bond donors (Lipinski definition) is 2. The van der Waals surface area contributed by atoms with Crippen LogP contribution in [-0.4, -0.2) is 42.8 Å². The molecular formula is C24H22F2N4O3. The first-order valence-corrected chi connectivity index (χ1v) is 10.6. The summed E-state index contributed by atoms with van der Waals surface area (Å²) in [5.74, 6) is -1.73. The van der Waals surface area contributed by atoms with Gasteiger partial charge in [0.1, 0.15) is 22.8 Å². The van der Waals surface area contributed by atoms with Crippen molar-refractivity contribution in [2.75, 3.05) is 30.4 Å². The maximum atomic E-state index is 14.5. The normalized spacial score (nSPS) is 19.1. The number of fused-ring (bicyclic) bond motifs is 2. The van der Waals surface area contributed by atoms with Gasteiger partial charge in [-0.1, -0.05) is 6.07 Å². The molecule has 2 saturated heterocycles. The molecule has 0 unspecified atom stereocenters. The SMILES string of the molecule is COc1cccc(F)c1-n1cccc(C(=O)Nc2cc(F)ccc2N2C[C@H]3C[C@@H]2CN3)c1=O. The van der Waals surface area contributed by atoms with E-state index in [1.165, 1.54) is 55.8 Å². The molecule has 1 aromatic heterocycles. The molecule has 3 aromatic rings. The topological polar surface area (TPSA) is 75.6 Å². The van der Waals surface area contributed by atoms with Crippen molar-refractivity contribution < 1.29 is 18.3 Å². The molecule has 2 aromatic carbocycles. The van der Waals surface area contributed by atoms with E-state index in [-0.39, 0.29) is 28.7 Å². The number of amides is 1. The van der Waals surface area contributed by atoms with E-state index < -0.39 is 23.1 Å². The Morgan fingerprint density at radius 2 is 2.03 bits per heavy atom. The van der Waals surface area contributed by atoms with Crippen LogP contribution in [0.4, 0.5) is 20.2 Å². The van der Waals surface area contributed by atoms with Gasteiger partial charge in [-0.15, -0.1) is 0 Å². The van der Waals surface area contributed by atoms with Crippen LogP contribution in [0, 0.1) is 11.6 Å². The summed E-state index contributed by atoms with van der Waals surface area (Å²) in [7, 11) is 1.37. The van der Waals surface area contributed by atoms with Crippen molar-refractivity contribution in [2.45, 2.75) is 18.5 Å². The molecule has 9 heteroatoms. The molecule has 3 heterocycles. The van der Waals surface area contributed by atoms with E-state index >= 15 is 0 Å². The molecule has 2 atom stereocenters. The fraction of sp³-hybridized carbons (Fsp3) is 0.250. The fourth-order valence-corrected chi connectivity index (χ4v) is 4.64. The highest BCUT2D eigenvalue weighted by atomic mass is 19.1. The number of carbonyl (C=O) groups excluding carboxylic acids is 1. The molecule has 1 amide bonds. The van der Waals surface area contributed by atoms with E-state index in [9.17, 15) is 18.4 Å². The molecule has 0 radical (unpaired) electrons. The van der Waals surface area contributed by atoms with Crippen LogP contribution in [0.5, 0.6) is 5.75 Å². The average molecular weight is 452 g/mol. The van der Waals surface area contributed by atoms with E-state index in [0.29, 0.717) is 11.7 Å². The lowest BCUT2D eigenvalue weighted by molar-refractivity contribution is 0.102. The molecule has 5 rings (SSSR count). The van der Waals surface area contributed by atoms with Crippen LogP contribution < -0.4 is 25.8 Å². The summed E-state index contributed by atoms with van der Waals surface area (Å²) in [6, 6.07) is 11.9. The first kappa shape index (κ1) is 21.1. The van der Waals surface area contributed by atoms with Crippen LogP contribution >= 0.6 is 0 Å². The van der Waals surface area contributed by atoms with Gasteiger partial charge < -0.3 is 20.3 Å². The smallest absolute Gasteiger partial charge is 0.268 e. The number of ether oxygens (including phenoxy) is 1. The van der Waals surface area contributed by atoms with Gasteiger partial charge >= 0.3 is 0 Å². The van der Waals surface area contributed by atoms with E-state index in [0.717, 1.165) is 24.1 Å². The highest BCUT2D eigenvalue weighted by Crippen LogP contribution is 2.35. The highest BCUT2D eigenvalue weighted by Gasteiger charge is 2.38. The molecule has 0 spiro atoms. The molecule has 0 aliphatic carbocycles. The van der Waals surface area contributed by atoms with Gasteiger partial charge in [0.2, 0.25) is 0 Å². The Morgan fingerprint density at radius 3 is 2.76 bits per heavy atom. The largest absolute Gasteiger partial charge is 0.494 e. The van der Waals surface area contributed by atoms with Gasteiger partial charge in [0.15, 0.2) is 5.82 Å². The minimum Gasteiger partial charge on any atom is -0.494 e. The predicted octanol–water partition coefficient (Wildman–Crippen LogP) is 2.93. The number of rotatable bonds is 5. The van der Waals surface area contributed by atoms with Gasteiger partial charge in [-0.05, 0) is 48.9 Å². The van der Waals surface area contributed by atoms with E-state index in [1.807, 2.05) is 0 Å². The van der Waals surface area contributed by atoms with Crippen LogP contribution in [0.1, 0.15) is 16.8 Å². The third-order valence-corrected chi connectivity index (χ3v) is 6.18. The Labute approximate surface area is 188 Å². The fourth-order valence-electron chi connectivity index (χ4n) is 4.64. The number of pyridine rings is 1. The number of aromatic nitrogens is 1. The number of piperazine rings is 1. The zero-order chi connectivity index (χ0) is 23.1. The summed E-state index contributed by atoms with van der Waals surface area (Å²) >= 11 is 0. The third kappa shape index (κ3) is 3.74. The van der Waals surface area contributed by atoms with E-state index in [4.69, 9.17) is 4.74 Å². The molecule has 170 valence electrons. The van der Waals surface area contributed by atoms with Gasteiger partial charge in [0.25, 0.3) is 11.5 Å². The molecular weight excluding hydrogens is 430 g/mol. The average Bonchev–Trinajstić information content (AvgIpc) is 3.43. The number of anilines is 2. The number of hydrogen-bond acceptors (Lipinski definition) is 5. The van der Waals surface area contributed by atoms with E-state index in [2.05, 4.69) is 15.5 Å². The van der Waals surface area contributed by atoms with Gasteiger partial charge in [-0.2, -0.15) is 0 Å². The van der Waals surface area contributed by atoms with E-state index in [1.54, 1.807) is 6.07 Å². The quantitative estimate of drug-likeness (QED) is 0.623. The van der Waals surface area contributed by atoms with Crippen molar-refractivity contribution in [3.05, 3.63) is 82.3 Å². The number of halogens is 2. The van der Waals surface area contributed by atoms with Crippen LogP contribution in [0.25, 0.3) is 5.69 Å². The summed E-state index contributed by atoms with van der Waals surface area (Å²) in [5.41, 5.74) is -0.0355. The number of para-hydroxylation sites is 1. The monoisotopic (exact) mass is 452 g/mol. The Bertz CT molecular complexity index is 1290. The Morgan fingerprint density at radius 1 is 1.18 bits per heavy atom. The number of methoxy groups -OCH3 is 1. The number of benzene rings is 2. The Kier molecular flexibility index (Phi) is 5.33. The molecule has 2 bridgehead atoms. The summed E-state index contributed by atoms with van der Waals surface area (Å²) < 4.78 is 34.8. The van der Waals surface area contributed by atoms with Gasteiger partial charge in [-0.25, -0.2) is 8.78 Å². The lowest BCUT2D eigenvalue weighted by Crippen LogP contribution is -2.44. The van der Waals surface area contributed by atoms with Crippen molar-refractivity contribution in [1.82, 2.24) is 9.88 Å². The van der Waals surface area contributed by atoms with Crippen LogP contribution in [0.2, 0.25) is 0 Å². The molecule has 7 nitrogen and oxygen atoms in total. The molecule has 0 saturated carbocycles. The van der Waals surface area contributed by atoms with Crippen molar-refractivity contribution >= 4 is 17.3 Å². The first-order valence-electron chi connectivity index (χ1n) is 10.6. The van der Waals surface area contributed by atoms with Gasteiger partial charge in [0, 0.05) is 31.4 Å². The summed E-state index contributed by atoms with van der Waals surface area (Å²) in [6.07, 6.45) is 2.35. The predicted molar refractivity (Wildman–Crippen MR) is 120 cm³/mol. The van der Waals surface area contributed by atoms with Crippen LogP contribution in [0.3, 0.4) is 0 Å². The minimum absolute atomic E-state index is 0.0910. The van der Waals surface area contributed by atoms with Crippen molar-refractivity contribution in [2.24, 2.45) is 0 Å². The Hall–Kier alpha value is -3.72.